The fraction of sp³-hybridized carbons (Fsp3) is 0.714. The Kier molecular flexibility index (Phi) is 11.6. The maximum absolute atomic E-state index is 12.8. The van der Waals surface area contributed by atoms with Crippen molar-refractivity contribution in [3.63, 3.8) is 0 Å². The average molecular weight is 322 g/mol. The molecule has 0 radical (unpaired) electrons. The molecule has 0 rings (SSSR count). The lowest BCUT2D eigenvalue weighted by atomic mass is 10.5. The molecule has 0 aromatic heterocycles. The Morgan fingerprint density at radius 1 is 0.667 bits per heavy atom. The molecule has 0 amide bonds. The van der Waals surface area contributed by atoms with Crippen molar-refractivity contribution >= 4 is 15.1 Å². The molecule has 0 spiro atoms. The van der Waals surface area contributed by atoms with E-state index in [0.717, 1.165) is 18.5 Å². The SMILES string of the molecule is N#CCCP(CCC#N)CCP(=O)(CCC#N)CCC#N. The van der Waals surface area contributed by atoms with Crippen molar-refractivity contribution in [3.05, 3.63) is 0 Å². The largest absolute Gasteiger partial charge is 0.323 e. The quantitative estimate of drug-likeness (QED) is 0.540. The van der Waals surface area contributed by atoms with E-state index in [0.29, 0.717) is 31.3 Å². The van der Waals surface area contributed by atoms with Gasteiger partial charge in [-0.05, 0) is 18.5 Å². The molecule has 5 nitrogen and oxygen atoms in total. The first-order chi connectivity index (χ1) is 10.1. The zero-order chi connectivity index (χ0) is 16.0. The summed E-state index contributed by atoms with van der Waals surface area (Å²) in [5, 5.41) is 34.7. The van der Waals surface area contributed by atoms with Gasteiger partial charge in [-0.2, -0.15) is 21.0 Å². The zero-order valence-corrected chi connectivity index (χ0v) is 14.0. The lowest BCUT2D eigenvalue weighted by Crippen LogP contribution is -2.05. The summed E-state index contributed by atoms with van der Waals surface area (Å²) in [7, 11) is -2.91. The molecular formula is C14H20N4OP2. The number of hydrogen-bond donors (Lipinski definition) is 0. The molecule has 0 aliphatic rings. The molecule has 21 heavy (non-hydrogen) atoms. The van der Waals surface area contributed by atoms with Gasteiger partial charge in [0, 0.05) is 44.2 Å². The molecule has 0 N–H and O–H groups in total. The summed E-state index contributed by atoms with van der Waals surface area (Å²) in [6, 6.07) is 8.28. The maximum Gasteiger partial charge on any atom is 0.0901 e. The van der Waals surface area contributed by atoms with E-state index < -0.39 is 15.1 Å². The molecule has 112 valence electrons. The van der Waals surface area contributed by atoms with Gasteiger partial charge in [-0.3, -0.25) is 0 Å². The minimum absolute atomic E-state index is 0.261. The number of nitriles is 4. The van der Waals surface area contributed by atoms with Crippen molar-refractivity contribution in [2.75, 3.05) is 37.0 Å². The predicted molar refractivity (Wildman–Crippen MR) is 84.6 cm³/mol. The van der Waals surface area contributed by atoms with Gasteiger partial charge in [0.25, 0.3) is 0 Å². The standard InChI is InChI=1S/C14H20N4OP2/c15-5-1-9-20(10-2-6-16)11-14-21(19,12-3-7-17)13-4-8-18/h1-4,9-14H2. The van der Waals surface area contributed by atoms with Gasteiger partial charge < -0.3 is 4.57 Å². The molecule has 0 atom stereocenters. The molecule has 0 unspecified atom stereocenters. The van der Waals surface area contributed by atoms with E-state index in [2.05, 4.69) is 12.1 Å². The third-order valence-electron chi connectivity index (χ3n) is 3.17. The molecule has 0 saturated heterocycles. The molecule has 0 fully saturated rings. The summed E-state index contributed by atoms with van der Waals surface area (Å²) in [5.41, 5.74) is 0. The van der Waals surface area contributed by atoms with Crippen LogP contribution in [0.5, 0.6) is 0 Å². The van der Waals surface area contributed by atoms with Gasteiger partial charge in [0.2, 0.25) is 0 Å². The van der Waals surface area contributed by atoms with Crippen LogP contribution in [0.1, 0.15) is 25.7 Å². The predicted octanol–water partition coefficient (Wildman–Crippen LogP) is 3.49. The van der Waals surface area contributed by atoms with Gasteiger partial charge in [0.1, 0.15) is 0 Å². The van der Waals surface area contributed by atoms with Crippen LogP contribution in [0.4, 0.5) is 0 Å². The molecule has 0 aliphatic carbocycles. The zero-order valence-electron chi connectivity index (χ0n) is 12.2. The number of hydrogen-bond acceptors (Lipinski definition) is 5. The molecule has 0 saturated carbocycles. The van der Waals surface area contributed by atoms with Gasteiger partial charge >= 0.3 is 0 Å². The van der Waals surface area contributed by atoms with E-state index in [-0.39, 0.29) is 12.8 Å². The second kappa shape index (κ2) is 12.4. The number of nitrogens with zero attached hydrogens (tertiary/aromatic N) is 4. The first-order valence-electron chi connectivity index (χ1n) is 6.89. The molecule has 0 aliphatic heterocycles. The Hall–Kier alpha value is -1.38. The monoisotopic (exact) mass is 322 g/mol. The topological polar surface area (TPSA) is 112 Å². The minimum Gasteiger partial charge on any atom is -0.323 e. The Morgan fingerprint density at radius 3 is 1.48 bits per heavy atom. The van der Waals surface area contributed by atoms with Crippen molar-refractivity contribution in [3.8, 4) is 24.3 Å². The third kappa shape index (κ3) is 10.1. The van der Waals surface area contributed by atoms with Crippen LogP contribution < -0.4 is 0 Å². The molecular weight excluding hydrogens is 302 g/mol. The van der Waals surface area contributed by atoms with Crippen LogP contribution in [0.15, 0.2) is 0 Å². The van der Waals surface area contributed by atoms with Gasteiger partial charge in [-0.25, -0.2) is 0 Å². The molecule has 7 heteroatoms. The van der Waals surface area contributed by atoms with Crippen LogP contribution in [0.25, 0.3) is 0 Å². The lowest BCUT2D eigenvalue weighted by Gasteiger charge is -2.20. The Balaban J connectivity index is 4.55. The molecule has 0 heterocycles. The highest BCUT2D eigenvalue weighted by molar-refractivity contribution is 7.65. The summed E-state index contributed by atoms with van der Waals surface area (Å²) in [5.74, 6) is 0. The highest BCUT2D eigenvalue weighted by atomic mass is 31.2. The van der Waals surface area contributed by atoms with E-state index in [1.807, 2.05) is 12.1 Å². The fourth-order valence-electron chi connectivity index (χ4n) is 1.92. The fourth-order valence-corrected chi connectivity index (χ4v) is 7.70. The van der Waals surface area contributed by atoms with Crippen LogP contribution in [0.2, 0.25) is 0 Å². The van der Waals surface area contributed by atoms with Crippen LogP contribution in [0.3, 0.4) is 0 Å². The molecule has 0 bridgehead atoms. The van der Waals surface area contributed by atoms with E-state index in [1.54, 1.807) is 0 Å². The van der Waals surface area contributed by atoms with Gasteiger partial charge in [-0.15, -0.1) is 7.92 Å². The second-order valence-electron chi connectivity index (χ2n) is 4.70. The summed E-state index contributed by atoms with van der Waals surface area (Å²) in [6.45, 7) is 0. The van der Waals surface area contributed by atoms with Crippen molar-refractivity contribution in [1.82, 2.24) is 0 Å². The summed E-state index contributed by atoms with van der Waals surface area (Å²) >= 11 is 0. The highest BCUT2D eigenvalue weighted by Crippen LogP contribution is 2.50. The second-order valence-corrected chi connectivity index (χ2v) is 10.8. The van der Waals surface area contributed by atoms with Crippen molar-refractivity contribution in [2.24, 2.45) is 0 Å². The average Bonchev–Trinajstić information content (AvgIpc) is 2.50. The van der Waals surface area contributed by atoms with Crippen molar-refractivity contribution in [1.29, 1.82) is 21.0 Å². The maximum atomic E-state index is 12.8. The first kappa shape index (κ1) is 19.6. The van der Waals surface area contributed by atoms with Gasteiger partial charge in [0.15, 0.2) is 0 Å². The summed E-state index contributed by atoms with van der Waals surface area (Å²) in [4.78, 5) is 0. The molecule has 0 aromatic carbocycles. The first-order valence-corrected chi connectivity index (χ1v) is 11.0. The van der Waals surface area contributed by atoms with E-state index in [1.165, 1.54) is 0 Å². The minimum atomic E-state index is -2.47. The highest BCUT2D eigenvalue weighted by Gasteiger charge is 2.23. The Bertz CT molecular complexity index is 467. The Labute approximate surface area is 128 Å². The lowest BCUT2D eigenvalue weighted by molar-refractivity contribution is 0.575. The van der Waals surface area contributed by atoms with Crippen LogP contribution in [-0.2, 0) is 4.57 Å². The summed E-state index contributed by atoms with van der Waals surface area (Å²) < 4.78 is 12.8. The van der Waals surface area contributed by atoms with Crippen LogP contribution in [-0.4, -0.2) is 37.0 Å². The van der Waals surface area contributed by atoms with Gasteiger partial charge in [-0.1, -0.05) is 0 Å². The van der Waals surface area contributed by atoms with E-state index in [9.17, 15) is 4.57 Å². The Morgan fingerprint density at radius 2 is 1.10 bits per heavy atom. The molecule has 0 aromatic rings. The van der Waals surface area contributed by atoms with Crippen molar-refractivity contribution < 1.29 is 4.57 Å². The smallest absolute Gasteiger partial charge is 0.0901 e. The van der Waals surface area contributed by atoms with E-state index >= 15 is 0 Å². The van der Waals surface area contributed by atoms with Gasteiger partial charge in [0.05, 0.1) is 31.4 Å². The van der Waals surface area contributed by atoms with Crippen LogP contribution >= 0.6 is 15.1 Å². The summed E-state index contributed by atoms with van der Waals surface area (Å²) in [6.07, 6.45) is 5.10. The van der Waals surface area contributed by atoms with E-state index in [4.69, 9.17) is 21.0 Å². The van der Waals surface area contributed by atoms with Crippen molar-refractivity contribution in [2.45, 2.75) is 25.7 Å². The van der Waals surface area contributed by atoms with Crippen LogP contribution in [0, 0.1) is 45.3 Å². The normalized spacial score (nSPS) is 10.3. The third-order valence-corrected chi connectivity index (χ3v) is 9.20. The number of rotatable bonds is 11.